The maximum atomic E-state index is 11.4. The highest BCUT2D eigenvalue weighted by atomic mass is 16.5. The van der Waals surface area contributed by atoms with Gasteiger partial charge in [0.15, 0.2) is 0 Å². The molecule has 0 radical (unpaired) electrons. The first-order valence-electron chi connectivity index (χ1n) is 6.14. The fourth-order valence-electron chi connectivity index (χ4n) is 2.17. The molecule has 2 rings (SSSR count). The fraction of sp³-hybridized carbons (Fsp3) is 0.909. The van der Waals surface area contributed by atoms with Crippen molar-refractivity contribution in [3.05, 3.63) is 0 Å². The number of morpholine rings is 1. The lowest BCUT2D eigenvalue weighted by molar-refractivity contribution is -0.121. The monoisotopic (exact) mass is 227 g/mol. The van der Waals surface area contributed by atoms with Gasteiger partial charge in [0, 0.05) is 39.3 Å². The molecule has 0 bridgehead atoms. The van der Waals surface area contributed by atoms with E-state index in [4.69, 9.17) is 4.74 Å². The molecule has 0 spiro atoms. The van der Waals surface area contributed by atoms with Crippen LogP contribution in [0.25, 0.3) is 0 Å². The third-order valence-electron chi connectivity index (χ3n) is 3.18. The van der Waals surface area contributed by atoms with Gasteiger partial charge in [-0.25, -0.2) is 0 Å². The highest BCUT2D eigenvalue weighted by Gasteiger charge is 2.16. The van der Waals surface area contributed by atoms with Crippen molar-refractivity contribution in [2.24, 2.45) is 0 Å². The normalized spacial score (nSPS) is 25.1. The molecule has 0 aromatic carbocycles. The van der Waals surface area contributed by atoms with E-state index in [1.54, 1.807) is 0 Å². The fourth-order valence-corrected chi connectivity index (χ4v) is 2.17. The van der Waals surface area contributed by atoms with Crippen molar-refractivity contribution in [2.75, 3.05) is 59.0 Å². The molecule has 0 aromatic rings. The molecule has 2 aliphatic heterocycles. The van der Waals surface area contributed by atoms with Gasteiger partial charge in [-0.1, -0.05) is 0 Å². The summed E-state index contributed by atoms with van der Waals surface area (Å²) >= 11 is 0. The predicted octanol–water partition coefficient (Wildman–Crippen LogP) is -0.859. The van der Waals surface area contributed by atoms with Crippen LogP contribution in [0, 0.1) is 0 Å². The molecule has 2 heterocycles. The number of nitrogens with zero attached hydrogens (tertiary/aromatic N) is 2. The van der Waals surface area contributed by atoms with Gasteiger partial charge in [0.2, 0.25) is 5.91 Å². The first-order chi connectivity index (χ1) is 7.84. The number of carbonyl (C=O) groups excluding carboxylic acids is 1. The third-order valence-corrected chi connectivity index (χ3v) is 3.18. The summed E-state index contributed by atoms with van der Waals surface area (Å²) in [4.78, 5) is 16.0. The smallest absolute Gasteiger partial charge is 0.234 e. The molecule has 2 fully saturated rings. The molecule has 0 unspecified atom stereocenters. The minimum Gasteiger partial charge on any atom is -0.379 e. The Hall–Kier alpha value is -0.650. The molecule has 92 valence electrons. The van der Waals surface area contributed by atoms with Crippen molar-refractivity contribution < 1.29 is 9.53 Å². The Morgan fingerprint density at radius 1 is 1.12 bits per heavy atom. The van der Waals surface area contributed by atoms with Gasteiger partial charge >= 0.3 is 0 Å². The largest absolute Gasteiger partial charge is 0.379 e. The third kappa shape index (κ3) is 3.73. The number of amides is 1. The van der Waals surface area contributed by atoms with Crippen molar-refractivity contribution in [3.8, 4) is 0 Å². The van der Waals surface area contributed by atoms with Crippen molar-refractivity contribution in [3.63, 3.8) is 0 Å². The van der Waals surface area contributed by atoms with Gasteiger partial charge in [-0.05, 0) is 6.42 Å². The molecular weight excluding hydrogens is 206 g/mol. The topological polar surface area (TPSA) is 44.8 Å². The average molecular weight is 227 g/mol. The van der Waals surface area contributed by atoms with Crippen LogP contribution < -0.4 is 5.32 Å². The van der Waals surface area contributed by atoms with E-state index in [1.165, 1.54) is 0 Å². The van der Waals surface area contributed by atoms with E-state index < -0.39 is 0 Å². The molecular formula is C11H21N3O2. The number of carbonyl (C=O) groups is 1. The second kappa shape index (κ2) is 6.18. The Bertz CT molecular complexity index is 229. The van der Waals surface area contributed by atoms with Crippen LogP contribution in [0.3, 0.4) is 0 Å². The molecule has 2 aliphatic rings. The second-order valence-corrected chi connectivity index (χ2v) is 4.43. The van der Waals surface area contributed by atoms with Crippen molar-refractivity contribution in [2.45, 2.75) is 6.42 Å². The SMILES string of the molecule is O=C1CN(CCN2CCOCC2)CCCN1. The second-order valence-electron chi connectivity index (χ2n) is 4.43. The molecule has 2 saturated heterocycles. The van der Waals surface area contributed by atoms with Crippen LogP contribution in [0.1, 0.15) is 6.42 Å². The van der Waals surface area contributed by atoms with Gasteiger partial charge < -0.3 is 10.1 Å². The molecule has 5 heteroatoms. The van der Waals surface area contributed by atoms with E-state index in [0.717, 1.165) is 58.9 Å². The summed E-state index contributed by atoms with van der Waals surface area (Å²) in [6.45, 7) is 8.21. The summed E-state index contributed by atoms with van der Waals surface area (Å²) in [7, 11) is 0. The Balaban J connectivity index is 1.69. The van der Waals surface area contributed by atoms with Crippen LogP contribution >= 0.6 is 0 Å². The van der Waals surface area contributed by atoms with Crippen LogP contribution in [-0.4, -0.2) is 74.7 Å². The minimum absolute atomic E-state index is 0.166. The average Bonchev–Trinajstić information content (AvgIpc) is 2.52. The molecule has 5 nitrogen and oxygen atoms in total. The summed E-state index contributed by atoms with van der Waals surface area (Å²) in [6.07, 6.45) is 1.06. The Kier molecular flexibility index (Phi) is 4.56. The van der Waals surface area contributed by atoms with Gasteiger partial charge in [-0.3, -0.25) is 14.6 Å². The summed E-state index contributed by atoms with van der Waals surface area (Å²) < 4.78 is 5.31. The van der Waals surface area contributed by atoms with Gasteiger partial charge in [0.25, 0.3) is 0 Å². The number of nitrogens with one attached hydrogen (secondary N) is 1. The van der Waals surface area contributed by atoms with Crippen LogP contribution in [0.15, 0.2) is 0 Å². The molecule has 0 aliphatic carbocycles. The summed E-state index contributed by atoms with van der Waals surface area (Å²) in [5.41, 5.74) is 0. The van der Waals surface area contributed by atoms with Crippen molar-refractivity contribution in [1.29, 1.82) is 0 Å². The molecule has 0 aromatic heterocycles. The maximum absolute atomic E-state index is 11.4. The van der Waals surface area contributed by atoms with E-state index >= 15 is 0 Å². The summed E-state index contributed by atoms with van der Waals surface area (Å²) in [6, 6.07) is 0. The van der Waals surface area contributed by atoms with Crippen LogP contribution in [0.2, 0.25) is 0 Å². The van der Waals surface area contributed by atoms with Crippen molar-refractivity contribution in [1.82, 2.24) is 15.1 Å². The Labute approximate surface area is 96.7 Å². The Morgan fingerprint density at radius 3 is 2.69 bits per heavy atom. The van der Waals surface area contributed by atoms with E-state index in [0.29, 0.717) is 6.54 Å². The lowest BCUT2D eigenvalue weighted by atomic mass is 10.3. The van der Waals surface area contributed by atoms with Crippen LogP contribution in [-0.2, 0) is 9.53 Å². The van der Waals surface area contributed by atoms with E-state index in [2.05, 4.69) is 15.1 Å². The van der Waals surface area contributed by atoms with Crippen LogP contribution in [0.5, 0.6) is 0 Å². The van der Waals surface area contributed by atoms with E-state index in [-0.39, 0.29) is 5.91 Å². The first kappa shape index (κ1) is 11.8. The molecule has 0 atom stereocenters. The number of hydrogen-bond donors (Lipinski definition) is 1. The quantitative estimate of drug-likeness (QED) is 0.681. The highest BCUT2D eigenvalue weighted by molar-refractivity contribution is 5.78. The van der Waals surface area contributed by atoms with Gasteiger partial charge in [-0.15, -0.1) is 0 Å². The zero-order valence-corrected chi connectivity index (χ0v) is 9.78. The lowest BCUT2D eigenvalue weighted by Gasteiger charge is -2.29. The number of rotatable bonds is 3. The van der Waals surface area contributed by atoms with E-state index in [1.807, 2.05) is 0 Å². The predicted molar refractivity (Wildman–Crippen MR) is 61.3 cm³/mol. The van der Waals surface area contributed by atoms with Crippen molar-refractivity contribution >= 4 is 5.91 Å². The van der Waals surface area contributed by atoms with Gasteiger partial charge in [-0.2, -0.15) is 0 Å². The molecule has 16 heavy (non-hydrogen) atoms. The zero-order chi connectivity index (χ0) is 11.2. The van der Waals surface area contributed by atoms with Gasteiger partial charge in [0.1, 0.15) is 0 Å². The zero-order valence-electron chi connectivity index (χ0n) is 9.78. The maximum Gasteiger partial charge on any atom is 0.234 e. The standard InChI is InChI=1S/C11H21N3O2/c15-11-10-14(3-1-2-12-11)5-4-13-6-8-16-9-7-13/h1-10H2,(H,12,15). The molecule has 1 N–H and O–H groups in total. The number of ether oxygens (including phenoxy) is 1. The van der Waals surface area contributed by atoms with Gasteiger partial charge in [0.05, 0.1) is 19.8 Å². The lowest BCUT2D eigenvalue weighted by Crippen LogP contribution is -2.42. The van der Waals surface area contributed by atoms with E-state index in [9.17, 15) is 4.79 Å². The highest BCUT2D eigenvalue weighted by Crippen LogP contribution is 2.00. The number of hydrogen-bond acceptors (Lipinski definition) is 4. The summed E-state index contributed by atoms with van der Waals surface area (Å²) in [5.74, 6) is 0.166. The van der Waals surface area contributed by atoms with Crippen LogP contribution in [0.4, 0.5) is 0 Å². The summed E-state index contributed by atoms with van der Waals surface area (Å²) in [5, 5.41) is 2.90. The Morgan fingerprint density at radius 2 is 1.88 bits per heavy atom. The molecule has 1 amide bonds. The first-order valence-corrected chi connectivity index (χ1v) is 6.14. The minimum atomic E-state index is 0.166. The molecule has 0 saturated carbocycles.